The van der Waals surface area contributed by atoms with Crippen LogP contribution < -0.4 is 10.6 Å². The van der Waals surface area contributed by atoms with Crippen molar-refractivity contribution >= 4 is 39.8 Å². The molecule has 8 heteroatoms. The molecule has 0 radical (unpaired) electrons. The Balaban J connectivity index is 0.00000280. The molecular weight excluding hydrogens is 487 g/mol. The van der Waals surface area contributed by atoms with Gasteiger partial charge in [-0.1, -0.05) is 30.3 Å². The standard InChI is InChI=1S/C20H32N4O2S.HI/c1-2-21-20(23-19-10-13-27(25,26)16-19)22-14-18-9-12-24(15-18)11-8-17-6-4-3-5-7-17;/h3-7,18-19H,2,8-16H2,1H3,(H2,21,22,23);1H. The maximum atomic E-state index is 11.6. The number of nitrogens with one attached hydrogen (secondary N) is 2. The van der Waals surface area contributed by atoms with Crippen LogP contribution in [0.5, 0.6) is 0 Å². The van der Waals surface area contributed by atoms with E-state index in [1.165, 1.54) is 12.0 Å². The molecule has 2 fully saturated rings. The minimum Gasteiger partial charge on any atom is -0.357 e. The molecule has 2 aliphatic rings. The second kappa shape index (κ2) is 11.3. The predicted molar refractivity (Wildman–Crippen MR) is 126 cm³/mol. The first kappa shape index (κ1) is 23.4. The van der Waals surface area contributed by atoms with Crippen molar-refractivity contribution in [2.24, 2.45) is 10.9 Å². The third kappa shape index (κ3) is 7.51. The molecule has 0 bridgehead atoms. The number of guanidine groups is 1. The molecule has 2 heterocycles. The highest BCUT2D eigenvalue weighted by Crippen LogP contribution is 2.17. The Morgan fingerprint density at radius 3 is 2.71 bits per heavy atom. The number of benzene rings is 1. The zero-order chi connectivity index (χ0) is 19.1. The molecule has 2 saturated heterocycles. The average Bonchev–Trinajstić information content (AvgIpc) is 3.25. The Morgan fingerprint density at radius 2 is 2.04 bits per heavy atom. The summed E-state index contributed by atoms with van der Waals surface area (Å²) in [4.78, 5) is 7.26. The molecule has 28 heavy (non-hydrogen) atoms. The quantitative estimate of drug-likeness (QED) is 0.327. The zero-order valence-corrected chi connectivity index (χ0v) is 19.8. The molecule has 0 saturated carbocycles. The average molecular weight is 520 g/mol. The van der Waals surface area contributed by atoms with E-state index in [-0.39, 0.29) is 41.5 Å². The van der Waals surface area contributed by atoms with Crippen LogP contribution in [0.4, 0.5) is 0 Å². The highest BCUT2D eigenvalue weighted by Gasteiger charge is 2.28. The van der Waals surface area contributed by atoms with Gasteiger partial charge in [0.1, 0.15) is 0 Å². The third-order valence-corrected chi connectivity index (χ3v) is 7.12. The lowest BCUT2D eigenvalue weighted by molar-refractivity contribution is 0.329. The Kier molecular flexibility index (Phi) is 9.49. The lowest BCUT2D eigenvalue weighted by atomic mass is 10.1. The van der Waals surface area contributed by atoms with Crippen LogP contribution >= 0.6 is 24.0 Å². The van der Waals surface area contributed by atoms with E-state index in [0.717, 1.165) is 45.1 Å². The summed E-state index contributed by atoms with van der Waals surface area (Å²) in [7, 11) is -2.88. The molecule has 0 spiro atoms. The summed E-state index contributed by atoms with van der Waals surface area (Å²) < 4.78 is 23.3. The van der Waals surface area contributed by atoms with Gasteiger partial charge < -0.3 is 15.5 Å². The van der Waals surface area contributed by atoms with Crippen molar-refractivity contribution in [3.8, 4) is 0 Å². The molecule has 3 rings (SSSR count). The van der Waals surface area contributed by atoms with E-state index in [1.807, 2.05) is 6.92 Å². The van der Waals surface area contributed by atoms with E-state index in [1.54, 1.807) is 0 Å². The summed E-state index contributed by atoms with van der Waals surface area (Å²) in [6.07, 6.45) is 2.94. The van der Waals surface area contributed by atoms with Crippen molar-refractivity contribution < 1.29 is 8.42 Å². The Hall–Kier alpha value is -0.870. The van der Waals surface area contributed by atoms with Gasteiger partial charge in [0.15, 0.2) is 15.8 Å². The number of rotatable bonds is 7. The fraction of sp³-hybridized carbons (Fsp3) is 0.650. The number of hydrogen-bond acceptors (Lipinski definition) is 4. The fourth-order valence-corrected chi connectivity index (χ4v) is 5.51. The molecule has 6 nitrogen and oxygen atoms in total. The van der Waals surface area contributed by atoms with E-state index in [0.29, 0.717) is 12.3 Å². The van der Waals surface area contributed by atoms with Crippen molar-refractivity contribution in [2.45, 2.75) is 32.2 Å². The Bertz CT molecular complexity index is 727. The molecule has 2 N–H and O–H groups in total. The summed E-state index contributed by atoms with van der Waals surface area (Å²) in [5.41, 5.74) is 1.39. The highest BCUT2D eigenvalue weighted by molar-refractivity contribution is 14.0. The largest absolute Gasteiger partial charge is 0.357 e. The first-order valence-corrected chi connectivity index (χ1v) is 11.9. The van der Waals surface area contributed by atoms with Crippen LogP contribution in [0, 0.1) is 5.92 Å². The molecule has 1 aromatic carbocycles. The molecule has 0 amide bonds. The van der Waals surface area contributed by atoms with Crippen LogP contribution in [0.1, 0.15) is 25.3 Å². The van der Waals surface area contributed by atoms with Crippen LogP contribution in [-0.2, 0) is 16.3 Å². The van der Waals surface area contributed by atoms with Crippen molar-refractivity contribution in [1.29, 1.82) is 0 Å². The first-order chi connectivity index (χ1) is 13.0. The number of likely N-dealkylation sites (tertiary alicyclic amines) is 1. The molecule has 2 atom stereocenters. The number of hydrogen-bond donors (Lipinski definition) is 2. The molecule has 2 aliphatic heterocycles. The molecule has 0 aromatic heterocycles. The summed E-state index contributed by atoms with van der Waals surface area (Å²) in [5.74, 6) is 1.82. The lowest BCUT2D eigenvalue weighted by Gasteiger charge is -2.17. The van der Waals surface area contributed by atoms with Gasteiger partial charge in [-0.2, -0.15) is 0 Å². The zero-order valence-electron chi connectivity index (χ0n) is 16.6. The summed E-state index contributed by atoms with van der Waals surface area (Å²) in [6.45, 7) is 6.92. The minimum absolute atomic E-state index is 0. The normalized spacial score (nSPS) is 24.7. The topological polar surface area (TPSA) is 73.8 Å². The Labute approximate surface area is 186 Å². The minimum atomic E-state index is -2.88. The van der Waals surface area contributed by atoms with Gasteiger partial charge in [-0.05, 0) is 44.2 Å². The van der Waals surface area contributed by atoms with Gasteiger partial charge in [0.05, 0.1) is 11.5 Å². The van der Waals surface area contributed by atoms with E-state index >= 15 is 0 Å². The number of nitrogens with zero attached hydrogens (tertiary/aromatic N) is 2. The highest BCUT2D eigenvalue weighted by atomic mass is 127. The fourth-order valence-electron chi connectivity index (χ4n) is 3.84. The number of sulfone groups is 1. The number of aliphatic imine (C=N–C) groups is 1. The van der Waals surface area contributed by atoms with Gasteiger partial charge in [0, 0.05) is 32.2 Å². The van der Waals surface area contributed by atoms with E-state index in [2.05, 4.69) is 45.9 Å². The first-order valence-electron chi connectivity index (χ1n) is 10.1. The van der Waals surface area contributed by atoms with Crippen LogP contribution in [0.15, 0.2) is 35.3 Å². The van der Waals surface area contributed by atoms with Crippen molar-refractivity contribution in [3.05, 3.63) is 35.9 Å². The summed E-state index contributed by atoms with van der Waals surface area (Å²) in [6, 6.07) is 10.6. The lowest BCUT2D eigenvalue weighted by Crippen LogP contribution is -2.44. The van der Waals surface area contributed by atoms with Crippen molar-refractivity contribution in [1.82, 2.24) is 15.5 Å². The SMILES string of the molecule is CCNC(=NCC1CCN(CCc2ccccc2)C1)NC1CCS(=O)(=O)C1.I. The second-order valence-electron chi connectivity index (χ2n) is 7.65. The summed E-state index contributed by atoms with van der Waals surface area (Å²) in [5, 5.41) is 6.55. The maximum absolute atomic E-state index is 11.6. The van der Waals surface area contributed by atoms with Crippen LogP contribution in [0.25, 0.3) is 0 Å². The van der Waals surface area contributed by atoms with Gasteiger partial charge in [-0.15, -0.1) is 24.0 Å². The molecular formula is C20H33IN4O2S. The smallest absolute Gasteiger partial charge is 0.191 e. The van der Waals surface area contributed by atoms with E-state index in [4.69, 9.17) is 4.99 Å². The van der Waals surface area contributed by atoms with Gasteiger partial charge in [0.25, 0.3) is 0 Å². The maximum Gasteiger partial charge on any atom is 0.191 e. The van der Waals surface area contributed by atoms with Gasteiger partial charge >= 0.3 is 0 Å². The Morgan fingerprint density at radius 1 is 1.25 bits per heavy atom. The van der Waals surface area contributed by atoms with Gasteiger partial charge in [0.2, 0.25) is 0 Å². The van der Waals surface area contributed by atoms with Crippen LogP contribution in [0.3, 0.4) is 0 Å². The molecule has 158 valence electrons. The van der Waals surface area contributed by atoms with Gasteiger partial charge in [-0.25, -0.2) is 8.42 Å². The van der Waals surface area contributed by atoms with E-state index in [9.17, 15) is 8.42 Å². The second-order valence-corrected chi connectivity index (χ2v) is 9.88. The third-order valence-electron chi connectivity index (χ3n) is 5.35. The van der Waals surface area contributed by atoms with Gasteiger partial charge in [-0.3, -0.25) is 4.99 Å². The molecule has 1 aromatic rings. The number of halogens is 1. The molecule has 0 aliphatic carbocycles. The molecule has 2 unspecified atom stereocenters. The summed E-state index contributed by atoms with van der Waals surface area (Å²) >= 11 is 0. The van der Waals surface area contributed by atoms with Crippen molar-refractivity contribution in [3.63, 3.8) is 0 Å². The van der Waals surface area contributed by atoms with Crippen LogP contribution in [0.2, 0.25) is 0 Å². The van der Waals surface area contributed by atoms with E-state index < -0.39 is 9.84 Å². The predicted octanol–water partition coefficient (Wildman–Crippen LogP) is 1.91. The van der Waals surface area contributed by atoms with Crippen molar-refractivity contribution in [2.75, 3.05) is 44.2 Å². The van der Waals surface area contributed by atoms with Crippen LogP contribution in [-0.4, -0.2) is 69.5 Å². The monoisotopic (exact) mass is 520 g/mol.